The average Bonchev–Trinajstić information content (AvgIpc) is 2.64. The molecule has 0 bridgehead atoms. The van der Waals surface area contributed by atoms with Crippen LogP contribution >= 0.6 is 22.9 Å². The van der Waals surface area contributed by atoms with Crippen molar-refractivity contribution < 1.29 is 4.79 Å². The molecule has 1 aromatic heterocycles. The third kappa shape index (κ3) is 4.24. The molecular weight excluding hydrogens is 208 g/mol. The van der Waals surface area contributed by atoms with Crippen molar-refractivity contribution in [3.8, 4) is 0 Å². The van der Waals surface area contributed by atoms with E-state index in [4.69, 9.17) is 11.6 Å². The number of hydrogen-bond acceptors (Lipinski definition) is 3. The summed E-state index contributed by atoms with van der Waals surface area (Å²) < 4.78 is 0. The van der Waals surface area contributed by atoms with Gasteiger partial charge in [-0.05, 0) is 6.42 Å². The van der Waals surface area contributed by atoms with Crippen LogP contribution in [0.5, 0.6) is 0 Å². The van der Waals surface area contributed by atoms with Crippen LogP contribution in [-0.2, 0) is 11.3 Å². The Kier molecular flexibility index (Phi) is 4.78. The highest BCUT2D eigenvalue weighted by Crippen LogP contribution is 2.00. The topological polar surface area (TPSA) is 42.0 Å². The van der Waals surface area contributed by atoms with Crippen LogP contribution in [0.3, 0.4) is 0 Å². The van der Waals surface area contributed by atoms with Crippen LogP contribution in [0.4, 0.5) is 0 Å². The van der Waals surface area contributed by atoms with Gasteiger partial charge in [0.05, 0.1) is 17.7 Å². The van der Waals surface area contributed by atoms with Crippen molar-refractivity contribution in [3.05, 3.63) is 16.6 Å². The standard InChI is InChI=1S/C8H11ClN2OS/c9-3-1-2-8(12)10-4-7-5-13-6-11-7/h5-6H,1-4H2,(H,10,12). The molecular formula is C8H11ClN2OS. The van der Waals surface area contributed by atoms with Crippen LogP contribution in [0.15, 0.2) is 10.9 Å². The van der Waals surface area contributed by atoms with Crippen molar-refractivity contribution in [1.29, 1.82) is 0 Å². The highest BCUT2D eigenvalue weighted by molar-refractivity contribution is 7.07. The van der Waals surface area contributed by atoms with E-state index in [-0.39, 0.29) is 5.91 Å². The molecule has 13 heavy (non-hydrogen) atoms. The maximum atomic E-state index is 11.1. The number of carbonyl (C=O) groups is 1. The van der Waals surface area contributed by atoms with Crippen molar-refractivity contribution in [3.63, 3.8) is 0 Å². The van der Waals surface area contributed by atoms with Crippen molar-refractivity contribution in [2.45, 2.75) is 19.4 Å². The summed E-state index contributed by atoms with van der Waals surface area (Å²) in [4.78, 5) is 15.1. The molecule has 0 spiro atoms. The van der Waals surface area contributed by atoms with Gasteiger partial charge < -0.3 is 5.32 Å². The molecule has 1 N–H and O–H groups in total. The minimum atomic E-state index is 0.0358. The number of nitrogens with one attached hydrogen (secondary N) is 1. The molecule has 1 aromatic rings. The van der Waals surface area contributed by atoms with Gasteiger partial charge in [-0.3, -0.25) is 4.79 Å². The summed E-state index contributed by atoms with van der Waals surface area (Å²) in [6.07, 6.45) is 1.22. The van der Waals surface area contributed by atoms with E-state index >= 15 is 0 Å². The lowest BCUT2D eigenvalue weighted by Crippen LogP contribution is -2.22. The van der Waals surface area contributed by atoms with Gasteiger partial charge in [0.15, 0.2) is 0 Å². The van der Waals surface area contributed by atoms with Crippen molar-refractivity contribution in [1.82, 2.24) is 10.3 Å². The summed E-state index contributed by atoms with van der Waals surface area (Å²) in [5, 5.41) is 4.68. The number of halogens is 1. The van der Waals surface area contributed by atoms with Gasteiger partial charge in [-0.15, -0.1) is 22.9 Å². The minimum Gasteiger partial charge on any atom is -0.350 e. The number of rotatable bonds is 5. The van der Waals surface area contributed by atoms with Gasteiger partial charge in [0.25, 0.3) is 0 Å². The van der Waals surface area contributed by atoms with Gasteiger partial charge in [0.2, 0.25) is 5.91 Å². The van der Waals surface area contributed by atoms with Crippen LogP contribution in [0, 0.1) is 0 Å². The molecule has 0 aliphatic heterocycles. The molecule has 0 saturated carbocycles. The van der Waals surface area contributed by atoms with Gasteiger partial charge in [0.1, 0.15) is 0 Å². The molecule has 0 aliphatic carbocycles. The smallest absolute Gasteiger partial charge is 0.220 e. The first-order valence-corrected chi connectivity index (χ1v) is 5.50. The van der Waals surface area contributed by atoms with Crippen LogP contribution in [0.2, 0.25) is 0 Å². The first-order chi connectivity index (χ1) is 6.33. The highest BCUT2D eigenvalue weighted by atomic mass is 35.5. The number of amides is 1. The van der Waals surface area contributed by atoms with Crippen molar-refractivity contribution >= 4 is 28.8 Å². The van der Waals surface area contributed by atoms with E-state index in [2.05, 4.69) is 10.3 Å². The highest BCUT2D eigenvalue weighted by Gasteiger charge is 2.00. The average molecular weight is 219 g/mol. The fraction of sp³-hybridized carbons (Fsp3) is 0.500. The van der Waals surface area contributed by atoms with Gasteiger partial charge in [-0.2, -0.15) is 0 Å². The summed E-state index contributed by atoms with van der Waals surface area (Å²) >= 11 is 6.98. The van der Waals surface area contributed by atoms with Crippen LogP contribution in [-0.4, -0.2) is 16.8 Å². The first kappa shape index (κ1) is 10.5. The monoisotopic (exact) mass is 218 g/mol. The number of nitrogens with zero attached hydrogens (tertiary/aromatic N) is 1. The Morgan fingerprint density at radius 1 is 1.69 bits per heavy atom. The third-order valence-corrected chi connectivity index (χ3v) is 2.39. The lowest BCUT2D eigenvalue weighted by atomic mass is 10.3. The van der Waals surface area contributed by atoms with Crippen LogP contribution in [0.25, 0.3) is 0 Å². The number of hydrogen-bond donors (Lipinski definition) is 1. The maximum absolute atomic E-state index is 11.1. The van der Waals surface area contributed by atoms with E-state index in [1.54, 1.807) is 5.51 Å². The molecule has 1 rings (SSSR count). The summed E-state index contributed by atoms with van der Waals surface area (Å²) in [6, 6.07) is 0. The Bertz CT molecular complexity index is 251. The number of aromatic nitrogens is 1. The predicted octanol–water partition coefficient (Wildman–Crippen LogP) is 1.78. The molecule has 5 heteroatoms. The number of alkyl halides is 1. The second-order valence-corrected chi connectivity index (χ2v) is 3.65. The van der Waals surface area contributed by atoms with Gasteiger partial charge >= 0.3 is 0 Å². The molecule has 0 aromatic carbocycles. The van der Waals surface area contributed by atoms with Crippen LogP contribution in [0.1, 0.15) is 18.5 Å². The molecule has 1 heterocycles. The molecule has 72 valence electrons. The number of carbonyl (C=O) groups excluding carboxylic acids is 1. The second kappa shape index (κ2) is 5.94. The SMILES string of the molecule is O=C(CCCCl)NCc1cscn1. The molecule has 0 unspecified atom stereocenters. The van der Waals surface area contributed by atoms with E-state index in [0.29, 0.717) is 18.8 Å². The molecule has 0 atom stereocenters. The Labute approximate surface area is 86.1 Å². The Hall–Kier alpha value is -0.610. The molecule has 1 amide bonds. The molecule has 3 nitrogen and oxygen atoms in total. The quantitative estimate of drug-likeness (QED) is 0.766. The Balaban J connectivity index is 2.15. The minimum absolute atomic E-state index is 0.0358. The van der Waals surface area contributed by atoms with Crippen LogP contribution < -0.4 is 5.32 Å². The van der Waals surface area contributed by atoms with E-state index in [9.17, 15) is 4.79 Å². The third-order valence-electron chi connectivity index (χ3n) is 1.49. The second-order valence-electron chi connectivity index (χ2n) is 2.55. The fourth-order valence-corrected chi connectivity index (χ4v) is 1.52. The molecule has 0 aliphatic rings. The van der Waals surface area contributed by atoms with Gasteiger partial charge in [-0.25, -0.2) is 4.98 Å². The fourth-order valence-electron chi connectivity index (χ4n) is 0.830. The van der Waals surface area contributed by atoms with E-state index in [1.807, 2.05) is 5.38 Å². The van der Waals surface area contributed by atoms with E-state index < -0.39 is 0 Å². The zero-order valence-corrected chi connectivity index (χ0v) is 8.70. The van der Waals surface area contributed by atoms with Crippen molar-refractivity contribution in [2.24, 2.45) is 0 Å². The first-order valence-electron chi connectivity index (χ1n) is 4.02. The largest absolute Gasteiger partial charge is 0.350 e. The lowest BCUT2D eigenvalue weighted by molar-refractivity contribution is -0.121. The maximum Gasteiger partial charge on any atom is 0.220 e. The zero-order chi connectivity index (χ0) is 9.52. The summed E-state index contributed by atoms with van der Waals surface area (Å²) in [7, 11) is 0. The molecule has 0 saturated heterocycles. The van der Waals surface area contributed by atoms with E-state index in [0.717, 1.165) is 12.1 Å². The normalized spacial score (nSPS) is 9.92. The Morgan fingerprint density at radius 2 is 2.54 bits per heavy atom. The summed E-state index contributed by atoms with van der Waals surface area (Å²) in [6.45, 7) is 0.518. The summed E-state index contributed by atoms with van der Waals surface area (Å²) in [5.41, 5.74) is 2.66. The van der Waals surface area contributed by atoms with E-state index in [1.165, 1.54) is 11.3 Å². The number of thiazole rings is 1. The van der Waals surface area contributed by atoms with Gasteiger partial charge in [-0.1, -0.05) is 0 Å². The zero-order valence-electron chi connectivity index (χ0n) is 7.12. The predicted molar refractivity (Wildman–Crippen MR) is 53.9 cm³/mol. The lowest BCUT2D eigenvalue weighted by Gasteiger charge is -2.00. The summed E-state index contributed by atoms with van der Waals surface area (Å²) in [5.74, 6) is 0.568. The van der Waals surface area contributed by atoms with Crippen molar-refractivity contribution in [2.75, 3.05) is 5.88 Å². The van der Waals surface area contributed by atoms with Gasteiger partial charge in [0, 0.05) is 17.7 Å². The molecule has 0 fully saturated rings. The molecule has 0 radical (unpaired) electrons. The Morgan fingerprint density at radius 3 is 3.15 bits per heavy atom.